The number of amides is 1. The summed E-state index contributed by atoms with van der Waals surface area (Å²) in [6, 6.07) is 2.12. The number of rotatable bonds is 4. The molecule has 3 aliphatic rings. The lowest BCUT2D eigenvalue weighted by atomic mass is 9.56. The van der Waals surface area contributed by atoms with Crippen molar-refractivity contribution < 1.29 is 39.5 Å². The lowest BCUT2D eigenvalue weighted by molar-refractivity contribution is -0.178. The number of fused-ring (bicyclic) bond motifs is 3. The van der Waals surface area contributed by atoms with Crippen molar-refractivity contribution in [2.75, 3.05) is 21.2 Å². The van der Waals surface area contributed by atoms with Crippen molar-refractivity contribution in [3.8, 4) is 5.75 Å². The number of aliphatic hydroxyl groups is 3. The van der Waals surface area contributed by atoms with Crippen molar-refractivity contribution >= 4 is 17.5 Å². The number of methoxy groups -OCH3 is 1. The normalized spacial score (nSPS) is 33.6. The first-order valence-electron chi connectivity index (χ1n) is 10.7. The highest BCUT2D eigenvalue weighted by atomic mass is 16.5. The maximum atomic E-state index is 13.5. The van der Waals surface area contributed by atoms with E-state index in [9.17, 15) is 34.8 Å². The Morgan fingerprint density at radius 1 is 1.27 bits per heavy atom. The third-order valence-electron chi connectivity index (χ3n) is 7.37. The number of ether oxygens (including phenoxy) is 1. The van der Waals surface area contributed by atoms with E-state index in [1.165, 1.54) is 13.2 Å². The Bertz CT molecular complexity index is 1080. The molecule has 4 rings (SSSR count). The number of carbonyl (C=O) groups excluding carboxylic acids is 3. The van der Waals surface area contributed by atoms with Gasteiger partial charge in [-0.3, -0.25) is 14.4 Å². The van der Waals surface area contributed by atoms with Crippen LogP contribution in [-0.4, -0.2) is 81.8 Å². The van der Waals surface area contributed by atoms with Crippen molar-refractivity contribution in [2.24, 2.45) is 23.5 Å². The van der Waals surface area contributed by atoms with Crippen LogP contribution >= 0.6 is 0 Å². The third kappa shape index (κ3) is 3.12. The summed E-state index contributed by atoms with van der Waals surface area (Å²) in [6.45, 7) is 0.207. The predicted octanol–water partition coefficient (Wildman–Crippen LogP) is -0.568. The molecule has 0 radical (unpaired) electrons. The van der Waals surface area contributed by atoms with Crippen LogP contribution in [0.1, 0.15) is 27.9 Å². The standard InChI is InChI=1S/C23H28N2O8/c1-25(2)17-12-7-10-6-11-9(8-33-3)4-5-13(26)15(11)18(27)14(10)20(29)23(12,32)21(30)16(19(17)28)22(24)31/h4-5,10,12,16-17,19,26,28-29,32H,6-8H2,1-3H3,(H2,24,31)/t10-,12-,16?,17+,19?,23-/m0/s1. The molecule has 0 aromatic heterocycles. The SMILES string of the molecule is COCc1ccc(O)c2c1C[C@H]1C[C@H]3[C@@H](N(C)C)C(O)C(C(N)=O)C(=O)[C@@]3(O)C(O)=C1C2=O. The summed E-state index contributed by atoms with van der Waals surface area (Å²) < 4.78 is 5.22. The molecule has 33 heavy (non-hydrogen) atoms. The Hall–Kier alpha value is -2.79. The number of carbonyl (C=O) groups is 3. The van der Waals surface area contributed by atoms with E-state index >= 15 is 0 Å². The number of nitrogens with two attached hydrogens (primary N) is 1. The zero-order chi connectivity index (χ0) is 24.4. The molecule has 178 valence electrons. The largest absolute Gasteiger partial charge is 0.508 e. The monoisotopic (exact) mass is 460 g/mol. The van der Waals surface area contributed by atoms with E-state index in [4.69, 9.17) is 10.5 Å². The van der Waals surface area contributed by atoms with E-state index in [2.05, 4.69) is 0 Å². The molecule has 1 amide bonds. The maximum absolute atomic E-state index is 13.5. The van der Waals surface area contributed by atoms with Crippen LogP contribution in [0, 0.1) is 17.8 Å². The van der Waals surface area contributed by atoms with E-state index in [1.54, 1.807) is 25.1 Å². The quantitative estimate of drug-likeness (QED) is 0.369. The maximum Gasteiger partial charge on any atom is 0.230 e. The van der Waals surface area contributed by atoms with Crippen molar-refractivity contribution in [1.82, 2.24) is 4.90 Å². The van der Waals surface area contributed by atoms with Crippen LogP contribution in [0.3, 0.4) is 0 Å². The van der Waals surface area contributed by atoms with E-state index in [0.717, 1.165) is 0 Å². The molecule has 3 aliphatic carbocycles. The zero-order valence-corrected chi connectivity index (χ0v) is 18.6. The van der Waals surface area contributed by atoms with Gasteiger partial charge in [-0.25, -0.2) is 0 Å². The Kier molecular flexibility index (Phi) is 5.60. The van der Waals surface area contributed by atoms with Gasteiger partial charge >= 0.3 is 0 Å². The molecule has 0 saturated heterocycles. The molecule has 6 N–H and O–H groups in total. The van der Waals surface area contributed by atoms with E-state index in [-0.39, 0.29) is 36.3 Å². The number of hydrogen-bond donors (Lipinski definition) is 5. The minimum absolute atomic E-state index is 0.0108. The Balaban J connectivity index is 1.93. The van der Waals surface area contributed by atoms with Gasteiger partial charge in [-0.2, -0.15) is 0 Å². The number of phenolic OH excluding ortho intramolecular Hbond substituents is 1. The van der Waals surface area contributed by atoms with Gasteiger partial charge in [0.2, 0.25) is 5.91 Å². The molecule has 2 unspecified atom stereocenters. The molecule has 6 atom stereocenters. The summed E-state index contributed by atoms with van der Waals surface area (Å²) in [5, 5.41) is 44.0. The highest BCUT2D eigenvalue weighted by molar-refractivity contribution is 6.15. The molecular weight excluding hydrogens is 432 g/mol. The van der Waals surface area contributed by atoms with Gasteiger partial charge in [-0.15, -0.1) is 0 Å². The molecule has 0 heterocycles. The van der Waals surface area contributed by atoms with E-state index < -0.39 is 58.7 Å². The minimum Gasteiger partial charge on any atom is -0.508 e. The molecule has 0 bridgehead atoms. The summed E-state index contributed by atoms with van der Waals surface area (Å²) in [7, 11) is 4.75. The number of Topliss-reactive ketones (excluding diaryl/α,β-unsaturated/α-hetero) is 2. The van der Waals surface area contributed by atoms with Crippen LogP contribution in [0.5, 0.6) is 5.75 Å². The molecule has 1 saturated carbocycles. The number of hydrogen-bond acceptors (Lipinski definition) is 9. The molecule has 1 aromatic carbocycles. The van der Waals surface area contributed by atoms with E-state index in [1.807, 2.05) is 0 Å². The highest BCUT2D eigenvalue weighted by Crippen LogP contribution is 2.52. The van der Waals surface area contributed by atoms with Crippen LogP contribution < -0.4 is 5.73 Å². The zero-order valence-electron chi connectivity index (χ0n) is 18.6. The molecule has 1 fully saturated rings. The van der Waals surface area contributed by atoms with Gasteiger partial charge in [-0.1, -0.05) is 6.07 Å². The highest BCUT2D eigenvalue weighted by Gasteiger charge is 2.66. The van der Waals surface area contributed by atoms with Crippen LogP contribution in [0.15, 0.2) is 23.5 Å². The fraction of sp³-hybridized carbons (Fsp3) is 0.522. The number of nitrogens with zero attached hydrogens (tertiary/aromatic N) is 1. The van der Waals surface area contributed by atoms with E-state index in [0.29, 0.717) is 11.1 Å². The van der Waals surface area contributed by atoms with Crippen LogP contribution in [0.25, 0.3) is 0 Å². The van der Waals surface area contributed by atoms with Gasteiger partial charge in [0.15, 0.2) is 17.2 Å². The molecule has 0 spiro atoms. The van der Waals surface area contributed by atoms with Crippen LogP contribution in [-0.2, 0) is 27.4 Å². The fourth-order valence-electron chi connectivity index (χ4n) is 5.96. The van der Waals surface area contributed by atoms with Gasteiger partial charge < -0.3 is 35.8 Å². The summed E-state index contributed by atoms with van der Waals surface area (Å²) in [4.78, 5) is 40.3. The van der Waals surface area contributed by atoms with Crippen molar-refractivity contribution in [1.29, 1.82) is 0 Å². The molecular formula is C23H28N2O8. The lowest BCUT2D eigenvalue weighted by Crippen LogP contribution is -2.71. The number of allylic oxidation sites excluding steroid dienone is 1. The topological polar surface area (TPSA) is 171 Å². The number of primary amides is 1. The number of aromatic hydroxyl groups is 1. The fourth-order valence-corrected chi connectivity index (χ4v) is 5.96. The number of ketones is 2. The Morgan fingerprint density at radius 3 is 2.52 bits per heavy atom. The molecule has 0 aliphatic heterocycles. The molecule has 10 heteroatoms. The Morgan fingerprint density at radius 2 is 1.94 bits per heavy atom. The second kappa shape index (κ2) is 7.91. The number of aliphatic hydroxyl groups excluding tert-OH is 2. The summed E-state index contributed by atoms with van der Waals surface area (Å²) in [5.74, 6) is -7.43. The first-order valence-corrected chi connectivity index (χ1v) is 10.7. The number of phenols is 1. The van der Waals surface area contributed by atoms with Gasteiger partial charge in [0.05, 0.1) is 18.3 Å². The first-order chi connectivity index (χ1) is 15.5. The van der Waals surface area contributed by atoms with Crippen molar-refractivity contribution in [3.05, 3.63) is 40.2 Å². The molecule has 1 aromatic rings. The average Bonchev–Trinajstić information content (AvgIpc) is 2.72. The molecule has 10 nitrogen and oxygen atoms in total. The van der Waals surface area contributed by atoms with Gasteiger partial charge in [0.25, 0.3) is 0 Å². The second-order valence-corrected chi connectivity index (χ2v) is 9.32. The third-order valence-corrected chi connectivity index (χ3v) is 7.37. The lowest BCUT2D eigenvalue weighted by Gasteiger charge is -2.53. The second-order valence-electron chi connectivity index (χ2n) is 9.32. The van der Waals surface area contributed by atoms with Crippen LogP contribution in [0.2, 0.25) is 0 Å². The first kappa shape index (κ1) is 23.4. The Labute approximate surface area is 190 Å². The van der Waals surface area contributed by atoms with Crippen molar-refractivity contribution in [2.45, 2.75) is 37.2 Å². The van der Waals surface area contributed by atoms with Crippen LogP contribution in [0.4, 0.5) is 0 Å². The minimum atomic E-state index is -2.58. The summed E-state index contributed by atoms with van der Waals surface area (Å²) >= 11 is 0. The number of benzene rings is 1. The van der Waals surface area contributed by atoms with Crippen molar-refractivity contribution in [3.63, 3.8) is 0 Å². The van der Waals surface area contributed by atoms with Gasteiger partial charge in [0, 0.05) is 24.6 Å². The van der Waals surface area contributed by atoms with Gasteiger partial charge in [0.1, 0.15) is 17.4 Å². The smallest absolute Gasteiger partial charge is 0.230 e. The predicted molar refractivity (Wildman–Crippen MR) is 114 cm³/mol. The summed E-state index contributed by atoms with van der Waals surface area (Å²) in [5.41, 5.74) is 3.89. The number of likely N-dealkylation sites (N-methyl/N-ethyl adjacent to an activating group) is 1. The van der Waals surface area contributed by atoms with Gasteiger partial charge in [-0.05, 0) is 50.0 Å². The summed E-state index contributed by atoms with van der Waals surface area (Å²) in [6.07, 6.45) is -1.16. The average molecular weight is 460 g/mol.